The Balaban J connectivity index is -0.000001000. The normalized spacial score (nSPS) is 11.0. The van der Waals surface area contributed by atoms with Crippen LogP contribution in [0.1, 0.15) is 2.85 Å². The molecule has 0 aliphatic carbocycles. The van der Waals surface area contributed by atoms with Crippen molar-refractivity contribution in [3.05, 3.63) is 18.1 Å². The summed E-state index contributed by atoms with van der Waals surface area (Å²) < 4.78 is 21.8. The molecule has 2 aromatic rings. The minimum Gasteiger partial charge on any atom is -1.00 e. The first-order chi connectivity index (χ1) is 8.97. The predicted octanol–water partition coefficient (Wildman–Crippen LogP) is -6.44. The van der Waals surface area contributed by atoms with Crippen LogP contribution in [0.4, 0.5) is 0 Å². The van der Waals surface area contributed by atoms with E-state index in [1.807, 2.05) is 0 Å². The largest absolute Gasteiger partial charge is 1.00 e. The van der Waals surface area contributed by atoms with Gasteiger partial charge in [-0.3, -0.25) is 14.5 Å². The van der Waals surface area contributed by atoms with Gasteiger partial charge in [0.2, 0.25) is 0 Å². The van der Waals surface area contributed by atoms with E-state index in [4.69, 9.17) is 19.9 Å². The van der Waals surface area contributed by atoms with Gasteiger partial charge in [0.15, 0.2) is 17.5 Å². The van der Waals surface area contributed by atoms with E-state index < -0.39 is 13.9 Å². The van der Waals surface area contributed by atoms with Gasteiger partial charge in [-0.1, -0.05) is 0 Å². The SMILES string of the molecule is N=c1ncn(COCOCP(=O)(O)O)c2nc[nH]c12.[H-].[H-].[Na+].[Na+]. The summed E-state index contributed by atoms with van der Waals surface area (Å²) in [6, 6.07) is 0. The van der Waals surface area contributed by atoms with Crippen LogP contribution in [0.2, 0.25) is 0 Å². The number of hydrogen-bond donors (Lipinski definition) is 4. The second-order valence-corrected chi connectivity index (χ2v) is 5.20. The van der Waals surface area contributed by atoms with Crippen LogP contribution in [0.25, 0.3) is 11.2 Å². The molecule has 0 aliphatic rings. The van der Waals surface area contributed by atoms with Crippen molar-refractivity contribution < 1.29 is 85.8 Å². The molecule has 0 amide bonds. The smallest absolute Gasteiger partial charge is 1.00 e. The van der Waals surface area contributed by atoms with E-state index in [1.165, 1.54) is 17.2 Å². The van der Waals surface area contributed by atoms with Crippen molar-refractivity contribution in [3.8, 4) is 0 Å². The molecule has 2 rings (SSSR count). The molecule has 0 saturated heterocycles. The van der Waals surface area contributed by atoms with Crippen molar-refractivity contribution in [1.82, 2.24) is 19.5 Å². The molecule has 21 heavy (non-hydrogen) atoms. The van der Waals surface area contributed by atoms with Crippen LogP contribution in [-0.4, -0.2) is 42.4 Å². The monoisotopic (exact) mass is 337 g/mol. The molecule has 2 heterocycles. The van der Waals surface area contributed by atoms with Gasteiger partial charge in [0.1, 0.15) is 25.4 Å². The molecule has 0 radical (unpaired) electrons. The molecule has 0 saturated carbocycles. The summed E-state index contributed by atoms with van der Waals surface area (Å²) in [6.07, 6.45) is 2.12. The first-order valence-electron chi connectivity index (χ1n) is 5.10. The van der Waals surface area contributed by atoms with Crippen LogP contribution in [0.15, 0.2) is 12.7 Å². The summed E-state index contributed by atoms with van der Waals surface area (Å²) >= 11 is 0. The van der Waals surface area contributed by atoms with Crippen LogP contribution in [0.5, 0.6) is 0 Å². The molecular formula is C8H14N5Na2O5P. The minimum atomic E-state index is -4.18. The van der Waals surface area contributed by atoms with Gasteiger partial charge in [0.05, 0.1) is 6.33 Å². The Morgan fingerprint density at radius 1 is 1.38 bits per heavy atom. The topological polar surface area (TPSA) is 146 Å². The number of rotatable bonds is 6. The molecule has 0 fully saturated rings. The van der Waals surface area contributed by atoms with Crippen LogP contribution in [0, 0.1) is 5.41 Å². The molecule has 4 N–H and O–H groups in total. The molecule has 0 bridgehead atoms. The van der Waals surface area contributed by atoms with Crippen molar-refractivity contribution >= 4 is 18.8 Å². The third-order valence-electron chi connectivity index (χ3n) is 2.11. The van der Waals surface area contributed by atoms with E-state index in [0.29, 0.717) is 11.2 Å². The van der Waals surface area contributed by atoms with Crippen LogP contribution >= 0.6 is 7.60 Å². The number of aromatic nitrogens is 4. The summed E-state index contributed by atoms with van der Waals surface area (Å²) in [5.41, 5.74) is 1.04. The number of hydrogen-bond acceptors (Lipinski definition) is 6. The van der Waals surface area contributed by atoms with Gasteiger partial charge in [-0.25, -0.2) is 9.97 Å². The maximum atomic E-state index is 10.5. The van der Waals surface area contributed by atoms with Crippen LogP contribution in [-0.2, 0) is 20.8 Å². The van der Waals surface area contributed by atoms with Gasteiger partial charge in [0, 0.05) is 0 Å². The van der Waals surface area contributed by atoms with Crippen molar-refractivity contribution in [3.63, 3.8) is 0 Å². The third-order valence-corrected chi connectivity index (χ3v) is 2.63. The van der Waals surface area contributed by atoms with Crippen molar-refractivity contribution in [2.75, 3.05) is 13.1 Å². The number of ether oxygens (including phenoxy) is 2. The fraction of sp³-hybridized carbons (Fsp3) is 0.375. The third kappa shape index (κ3) is 6.59. The first-order valence-corrected chi connectivity index (χ1v) is 6.90. The molecule has 0 atom stereocenters. The van der Waals surface area contributed by atoms with E-state index in [1.54, 1.807) is 0 Å². The quantitative estimate of drug-likeness (QED) is 0.177. The number of imidazole rings is 1. The van der Waals surface area contributed by atoms with E-state index >= 15 is 0 Å². The molecule has 2 aromatic heterocycles. The molecule has 108 valence electrons. The molecule has 0 spiro atoms. The average molecular weight is 337 g/mol. The molecule has 0 aromatic carbocycles. The van der Waals surface area contributed by atoms with Crippen molar-refractivity contribution in [2.45, 2.75) is 6.73 Å². The first kappa shape index (κ1) is 21.4. The molecular weight excluding hydrogens is 323 g/mol. The Kier molecular flexibility index (Phi) is 9.73. The second kappa shape index (κ2) is 9.53. The standard InChI is InChI=1S/C8H12N5O5P.2Na.2H/c9-7-6-8(11-1-10-6)13(2-12-7)3-17-4-18-5-19(14,15)16;;;;/h1-2,9H,3-5H2,(H,10,11)(H2,14,15,16);;;;/q;2*+1;2*-1. The predicted molar refractivity (Wildman–Crippen MR) is 63.9 cm³/mol. The zero-order valence-electron chi connectivity index (χ0n) is 13.7. The van der Waals surface area contributed by atoms with E-state index in [2.05, 4.69) is 19.7 Å². The summed E-state index contributed by atoms with van der Waals surface area (Å²) in [5, 5.41) is 7.54. The van der Waals surface area contributed by atoms with Gasteiger partial charge in [0.25, 0.3) is 0 Å². The summed E-state index contributed by atoms with van der Waals surface area (Å²) in [6.45, 7) is -0.234. The van der Waals surface area contributed by atoms with E-state index in [-0.39, 0.29) is 81.0 Å². The minimum absolute atomic E-state index is 0. The van der Waals surface area contributed by atoms with Gasteiger partial charge in [-0.2, -0.15) is 0 Å². The fourth-order valence-electron chi connectivity index (χ4n) is 1.37. The van der Waals surface area contributed by atoms with Gasteiger partial charge in [-0.15, -0.1) is 0 Å². The molecule has 0 unspecified atom stereocenters. The Morgan fingerprint density at radius 2 is 2.10 bits per heavy atom. The Morgan fingerprint density at radius 3 is 2.76 bits per heavy atom. The summed E-state index contributed by atoms with van der Waals surface area (Å²) in [5.74, 6) is 0. The zero-order valence-corrected chi connectivity index (χ0v) is 16.6. The zero-order chi connectivity index (χ0) is 13.9. The number of aromatic amines is 1. The number of nitrogens with one attached hydrogen (secondary N) is 2. The fourth-order valence-corrected chi connectivity index (χ4v) is 1.68. The van der Waals surface area contributed by atoms with Gasteiger partial charge in [-0.05, 0) is 0 Å². The second-order valence-electron chi connectivity index (χ2n) is 3.61. The summed E-state index contributed by atoms with van der Waals surface area (Å²) in [7, 11) is -4.18. The van der Waals surface area contributed by atoms with Crippen LogP contribution in [0.3, 0.4) is 0 Å². The summed E-state index contributed by atoms with van der Waals surface area (Å²) in [4.78, 5) is 27.7. The molecule has 13 heteroatoms. The van der Waals surface area contributed by atoms with Crippen LogP contribution < -0.4 is 64.6 Å². The van der Waals surface area contributed by atoms with E-state index in [0.717, 1.165) is 0 Å². The van der Waals surface area contributed by atoms with Crippen molar-refractivity contribution in [1.29, 1.82) is 5.41 Å². The number of nitrogens with zero attached hydrogens (tertiary/aromatic N) is 3. The van der Waals surface area contributed by atoms with Crippen molar-refractivity contribution in [2.24, 2.45) is 0 Å². The molecule has 10 nitrogen and oxygen atoms in total. The van der Waals surface area contributed by atoms with Gasteiger partial charge >= 0.3 is 66.7 Å². The Hall–Kier alpha value is 0.420. The number of fused-ring (bicyclic) bond motifs is 1. The number of H-pyrrole nitrogens is 1. The Bertz CT molecular complexity index is 680. The Labute approximate surface area is 166 Å². The molecule has 0 aliphatic heterocycles. The average Bonchev–Trinajstić information content (AvgIpc) is 2.80. The van der Waals surface area contributed by atoms with E-state index in [9.17, 15) is 4.57 Å². The van der Waals surface area contributed by atoms with Gasteiger partial charge < -0.3 is 27.1 Å². The maximum Gasteiger partial charge on any atom is 1.00 e. The maximum absolute atomic E-state index is 10.5.